The standard InChI is InChI=1S/C21H24N7S/c1-13-10-16-17(23-7-6-22-16)11-15(13)25-21-24-12-18-20(26-21)19(27-28(18)2)14-4-8-29(3)9-5-14/h6-7,10-12,14H,4-5,8-9H2,1-3H3,(H,24,25,26)/q+1. The fraction of sp³-hybridized carbons (Fsp3) is 0.381. The van der Waals surface area contributed by atoms with Gasteiger partial charge in [0.2, 0.25) is 5.95 Å². The number of nitrogens with one attached hydrogen (secondary N) is 1. The van der Waals surface area contributed by atoms with E-state index in [9.17, 15) is 0 Å². The molecule has 0 amide bonds. The maximum atomic E-state index is 4.87. The number of aryl methyl sites for hydroxylation is 2. The number of hydrogen-bond donors (Lipinski definition) is 1. The highest BCUT2D eigenvalue weighted by Gasteiger charge is 2.29. The Balaban J connectivity index is 1.51. The van der Waals surface area contributed by atoms with E-state index in [-0.39, 0.29) is 0 Å². The number of anilines is 2. The van der Waals surface area contributed by atoms with Crippen molar-refractivity contribution in [2.45, 2.75) is 25.7 Å². The summed E-state index contributed by atoms with van der Waals surface area (Å²) in [4.78, 5) is 18.2. The molecule has 1 aliphatic rings. The van der Waals surface area contributed by atoms with Crippen LogP contribution in [0, 0.1) is 6.92 Å². The summed E-state index contributed by atoms with van der Waals surface area (Å²) in [6.07, 6.45) is 10.0. The fourth-order valence-corrected chi connectivity index (χ4v) is 5.55. The molecular formula is C21H24N7S+. The number of nitrogens with zero attached hydrogens (tertiary/aromatic N) is 6. The lowest BCUT2D eigenvalue weighted by Gasteiger charge is -2.19. The van der Waals surface area contributed by atoms with Gasteiger partial charge in [0.05, 0.1) is 29.2 Å². The van der Waals surface area contributed by atoms with Crippen molar-refractivity contribution in [3.05, 3.63) is 42.0 Å². The van der Waals surface area contributed by atoms with Gasteiger partial charge in [-0.2, -0.15) is 5.10 Å². The quantitative estimate of drug-likeness (QED) is 0.525. The van der Waals surface area contributed by atoms with Crippen LogP contribution >= 0.6 is 0 Å². The van der Waals surface area contributed by atoms with Gasteiger partial charge in [-0.05, 0) is 35.5 Å². The Morgan fingerprint density at radius 1 is 1.07 bits per heavy atom. The molecule has 0 atom stereocenters. The second kappa shape index (κ2) is 7.26. The minimum Gasteiger partial charge on any atom is -0.324 e. The van der Waals surface area contributed by atoms with Crippen LogP contribution in [0.1, 0.15) is 30.0 Å². The molecule has 0 saturated carbocycles. The van der Waals surface area contributed by atoms with Gasteiger partial charge in [-0.3, -0.25) is 14.6 Å². The van der Waals surface area contributed by atoms with Crippen molar-refractivity contribution in [3.8, 4) is 0 Å². The van der Waals surface area contributed by atoms with Crippen LogP contribution < -0.4 is 5.32 Å². The second-order valence-corrected chi connectivity index (χ2v) is 10.1. The third-order valence-electron chi connectivity index (χ3n) is 5.70. The van der Waals surface area contributed by atoms with Crippen molar-refractivity contribution in [2.24, 2.45) is 7.05 Å². The van der Waals surface area contributed by atoms with Crippen LogP contribution in [0.2, 0.25) is 0 Å². The Morgan fingerprint density at radius 3 is 2.55 bits per heavy atom. The first-order valence-corrected chi connectivity index (χ1v) is 11.8. The molecule has 0 bridgehead atoms. The lowest BCUT2D eigenvalue weighted by atomic mass is 9.98. The highest BCUT2D eigenvalue weighted by atomic mass is 32.2. The molecule has 148 valence electrons. The fourth-order valence-electron chi connectivity index (χ4n) is 3.98. The molecule has 4 aromatic rings. The van der Waals surface area contributed by atoms with Crippen molar-refractivity contribution < 1.29 is 0 Å². The molecule has 1 N–H and O–H groups in total. The van der Waals surface area contributed by atoms with Crippen LogP contribution in [0.3, 0.4) is 0 Å². The molecule has 0 spiro atoms. The number of hydrogen-bond acceptors (Lipinski definition) is 6. The maximum Gasteiger partial charge on any atom is 0.227 e. The Labute approximate surface area is 172 Å². The molecule has 7 nitrogen and oxygen atoms in total. The predicted octanol–water partition coefficient (Wildman–Crippen LogP) is 3.48. The van der Waals surface area contributed by atoms with Crippen LogP contribution in [0.25, 0.3) is 22.1 Å². The second-order valence-electron chi connectivity index (χ2n) is 7.74. The lowest BCUT2D eigenvalue weighted by molar-refractivity contribution is 0.601. The Morgan fingerprint density at radius 2 is 1.79 bits per heavy atom. The first kappa shape index (κ1) is 18.3. The van der Waals surface area contributed by atoms with Crippen LogP contribution in [0.4, 0.5) is 11.6 Å². The number of benzene rings is 1. The zero-order valence-corrected chi connectivity index (χ0v) is 17.7. The summed E-state index contributed by atoms with van der Waals surface area (Å²) >= 11 is 0. The lowest BCUT2D eigenvalue weighted by Crippen LogP contribution is -2.22. The largest absolute Gasteiger partial charge is 0.324 e. The molecule has 3 aromatic heterocycles. The minimum atomic E-state index is 0.489. The Kier molecular flexibility index (Phi) is 4.58. The van der Waals surface area contributed by atoms with Gasteiger partial charge in [0.25, 0.3) is 0 Å². The zero-order valence-electron chi connectivity index (χ0n) is 16.9. The van der Waals surface area contributed by atoms with Crippen LogP contribution in [0.5, 0.6) is 0 Å². The van der Waals surface area contributed by atoms with Crippen LogP contribution in [0.15, 0.2) is 30.7 Å². The average Bonchev–Trinajstić information content (AvgIpc) is 3.05. The molecule has 8 heteroatoms. The van der Waals surface area contributed by atoms with E-state index in [4.69, 9.17) is 10.1 Å². The minimum absolute atomic E-state index is 0.489. The smallest absolute Gasteiger partial charge is 0.227 e. The first-order chi connectivity index (χ1) is 14.1. The van der Waals surface area contributed by atoms with Crippen molar-refractivity contribution in [3.63, 3.8) is 0 Å². The van der Waals surface area contributed by atoms with E-state index in [1.54, 1.807) is 12.4 Å². The molecule has 1 aromatic carbocycles. The number of aromatic nitrogens is 6. The summed E-state index contributed by atoms with van der Waals surface area (Å²) in [6.45, 7) is 2.05. The van der Waals surface area contributed by atoms with Gasteiger partial charge in [0.1, 0.15) is 22.5 Å². The summed E-state index contributed by atoms with van der Waals surface area (Å²) in [5.41, 5.74) is 6.81. The van der Waals surface area contributed by atoms with Crippen LogP contribution in [-0.2, 0) is 17.9 Å². The first-order valence-electron chi connectivity index (χ1n) is 9.85. The van der Waals surface area contributed by atoms with E-state index in [0.717, 1.165) is 39.0 Å². The van der Waals surface area contributed by atoms with Crippen molar-refractivity contribution in [2.75, 3.05) is 23.1 Å². The van der Waals surface area contributed by atoms with Crippen LogP contribution in [-0.4, -0.2) is 47.5 Å². The SMILES string of the molecule is Cc1cc2nccnc2cc1Nc1ncc2c(n1)c(C1CC[S+](C)CC1)nn2C. The van der Waals surface area contributed by atoms with Crippen molar-refractivity contribution in [1.82, 2.24) is 29.7 Å². The van der Waals surface area contributed by atoms with E-state index >= 15 is 0 Å². The molecule has 0 radical (unpaired) electrons. The third-order valence-corrected chi connectivity index (χ3v) is 7.56. The Hall–Kier alpha value is -2.74. The normalized spacial score (nSPS) is 19.7. The maximum absolute atomic E-state index is 4.87. The van der Waals surface area contributed by atoms with E-state index in [0.29, 0.717) is 22.8 Å². The molecule has 4 heterocycles. The number of rotatable bonds is 3. The van der Waals surface area contributed by atoms with Gasteiger partial charge >= 0.3 is 0 Å². The molecule has 0 unspecified atom stereocenters. The summed E-state index contributed by atoms with van der Waals surface area (Å²) in [6, 6.07) is 4.03. The third kappa shape index (κ3) is 3.42. The van der Waals surface area contributed by atoms with E-state index < -0.39 is 0 Å². The Bertz CT molecular complexity index is 1190. The number of fused-ring (bicyclic) bond motifs is 2. The molecule has 5 rings (SSSR count). The monoisotopic (exact) mass is 406 g/mol. The van der Waals surface area contributed by atoms with E-state index in [1.807, 2.05) is 30.1 Å². The van der Waals surface area contributed by atoms with Gasteiger partial charge in [-0.15, -0.1) is 0 Å². The highest BCUT2D eigenvalue weighted by Crippen LogP contribution is 2.33. The molecule has 0 aliphatic carbocycles. The molecule has 1 aliphatic heterocycles. The summed E-state index contributed by atoms with van der Waals surface area (Å²) in [5, 5.41) is 8.19. The van der Waals surface area contributed by atoms with Gasteiger partial charge in [-0.25, -0.2) is 9.97 Å². The summed E-state index contributed by atoms with van der Waals surface area (Å²) in [7, 11) is 2.53. The molecular weight excluding hydrogens is 382 g/mol. The van der Waals surface area contributed by atoms with Crippen molar-refractivity contribution >= 4 is 44.6 Å². The summed E-state index contributed by atoms with van der Waals surface area (Å²) < 4.78 is 1.91. The van der Waals surface area contributed by atoms with Gasteiger partial charge in [0, 0.05) is 43.9 Å². The van der Waals surface area contributed by atoms with Gasteiger partial charge in [-0.1, -0.05) is 0 Å². The highest BCUT2D eigenvalue weighted by molar-refractivity contribution is 7.96. The predicted molar refractivity (Wildman–Crippen MR) is 119 cm³/mol. The summed E-state index contributed by atoms with van der Waals surface area (Å²) in [5.74, 6) is 3.65. The molecule has 1 fully saturated rings. The van der Waals surface area contributed by atoms with E-state index in [2.05, 4.69) is 33.4 Å². The average molecular weight is 407 g/mol. The topological polar surface area (TPSA) is 81.4 Å². The van der Waals surface area contributed by atoms with E-state index in [1.165, 1.54) is 24.3 Å². The molecule has 29 heavy (non-hydrogen) atoms. The van der Waals surface area contributed by atoms with Gasteiger partial charge in [0.15, 0.2) is 0 Å². The molecule has 1 saturated heterocycles. The van der Waals surface area contributed by atoms with Crippen molar-refractivity contribution in [1.29, 1.82) is 0 Å². The van der Waals surface area contributed by atoms with Gasteiger partial charge < -0.3 is 5.32 Å². The zero-order chi connectivity index (χ0) is 20.0.